The van der Waals surface area contributed by atoms with E-state index in [1.54, 1.807) is 67.8 Å². The molecule has 0 bridgehead atoms. The number of amides is 1. The molecule has 3 rings (SSSR count). The predicted octanol–water partition coefficient (Wildman–Crippen LogP) is 3.97. The molecule has 7 nitrogen and oxygen atoms in total. The van der Waals surface area contributed by atoms with E-state index in [0.29, 0.717) is 11.4 Å². The van der Waals surface area contributed by atoms with E-state index in [4.69, 9.17) is 4.74 Å². The van der Waals surface area contributed by atoms with Crippen LogP contribution in [0.2, 0.25) is 0 Å². The van der Waals surface area contributed by atoms with Crippen LogP contribution < -0.4 is 14.5 Å². The SMILES string of the molecule is COc1ccc(/C=N\NC(=O)CN(c2cc(C)cc(C)c2)S(=O)(=O)c2ccc(C)cc2)cc1. The number of benzene rings is 3. The molecule has 0 heterocycles. The van der Waals surface area contributed by atoms with Gasteiger partial charge in [0.2, 0.25) is 0 Å². The smallest absolute Gasteiger partial charge is 0.264 e. The van der Waals surface area contributed by atoms with Crippen LogP contribution in [-0.4, -0.2) is 34.2 Å². The number of sulfonamides is 1. The van der Waals surface area contributed by atoms with Crippen LogP contribution >= 0.6 is 0 Å². The first-order valence-electron chi connectivity index (χ1n) is 10.3. The minimum Gasteiger partial charge on any atom is -0.497 e. The van der Waals surface area contributed by atoms with Crippen molar-refractivity contribution < 1.29 is 17.9 Å². The summed E-state index contributed by atoms with van der Waals surface area (Å²) in [6.07, 6.45) is 1.48. The molecule has 0 aliphatic rings. The highest BCUT2D eigenvalue weighted by atomic mass is 32.2. The van der Waals surface area contributed by atoms with Crippen LogP contribution in [0.4, 0.5) is 5.69 Å². The maximum absolute atomic E-state index is 13.5. The van der Waals surface area contributed by atoms with Crippen LogP contribution in [0, 0.1) is 20.8 Å². The summed E-state index contributed by atoms with van der Waals surface area (Å²) >= 11 is 0. The van der Waals surface area contributed by atoms with Crippen molar-refractivity contribution in [3.63, 3.8) is 0 Å². The Bertz CT molecular complexity index is 1230. The first kappa shape index (κ1) is 24.0. The van der Waals surface area contributed by atoms with Crippen molar-refractivity contribution in [1.29, 1.82) is 0 Å². The Morgan fingerprint density at radius 1 is 0.939 bits per heavy atom. The minimum atomic E-state index is -3.98. The van der Waals surface area contributed by atoms with Crippen molar-refractivity contribution in [2.24, 2.45) is 5.10 Å². The zero-order chi connectivity index (χ0) is 24.0. The van der Waals surface area contributed by atoms with E-state index in [1.807, 2.05) is 26.8 Å². The summed E-state index contributed by atoms with van der Waals surface area (Å²) in [6, 6.07) is 19.1. The Balaban J connectivity index is 1.85. The number of methoxy groups -OCH3 is 1. The van der Waals surface area contributed by atoms with Gasteiger partial charge in [0.15, 0.2) is 0 Å². The van der Waals surface area contributed by atoms with Crippen molar-refractivity contribution in [1.82, 2.24) is 5.43 Å². The predicted molar refractivity (Wildman–Crippen MR) is 130 cm³/mol. The van der Waals surface area contributed by atoms with E-state index in [0.717, 1.165) is 26.6 Å². The third-order valence-corrected chi connectivity index (χ3v) is 6.70. The molecule has 0 spiro atoms. The van der Waals surface area contributed by atoms with Gasteiger partial charge in [-0.3, -0.25) is 9.10 Å². The fraction of sp³-hybridized carbons (Fsp3) is 0.200. The third kappa shape index (κ3) is 6.20. The summed E-state index contributed by atoms with van der Waals surface area (Å²) in [5.74, 6) is 0.149. The summed E-state index contributed by atoms with van der Waals surface area (Å²) < 4.78 is 33.1. The Kier molecular flexibility index (Phi) is 7.50. The molecule has 0 unspecified atom stereocenters. The molecule has 1 amide bonds. The third-order valence-electron chi connectivity index (χ3n) is 4.91. The van der Waals surface area contributed by atoms with Crippen LogP contribution in [0.5, 0.6) is 5.75 Å². The van der Waals surface area contributed by atoms with Gasteiger partial charge in [-0.25, -0.2) is 13.8 Å². The van der Waals surface area contributed by atoms with Gasteiger partial charge >= 0.3 is 0 Å². The van der Waals surface area contributed by atoms with Crippen LogP contribution in [0.3, 0.4) is 0 Å². The zero-order valence-electron chi connectivity index (χ0n) is 19.1. The molecule has 0 saturated heterocycles. The van der Waals surface area contributed by atoms with E-state index in [1.165, 1.54) is 6.21 Å². The van der Waals surface area contributed by atoms with Crippen molar-refractivity contribution in [2.45, 2.75) is 25.7 Å². The number of rotatable bonds is 8. The van der Waals surface area contributed by atoms with E-state index >= 15 is 0 Å². The van der Waals surface area contributed by atoms with E-state index < -0.39 is 22.5 Å². The maximum Gasteiger partial charge on any atom is 0.264 e. The second-order valence-electron chi connectivity index (χ2n) is 7.74. The maximum atomic E-state index is 13.5. The highest BCUT2D eigenvalue weighted by Gasteiger charge is 2.27. The number of carbonyl (C=O) groups is 1. The van der Waals surface area contributed by atoms with Gasteiger partial charge in [-0.2, -0.15) is 5.10 Å². The number of ether oxygens (including phenoxy) is 1. The molecule has 1 N–H and O–H groups in total. The number of hydrogen-bond acceptors (Lipinski definition) is 5. The molecule has 8 heteroatoms. The Morgan fingerprint density at radius 2 is 1.55 bits per heavy atom. The molecule has 3 aromatic carbocycles. The molecule has 33 heavy (non-hydrogen) atoms. The quantitative estimate of drug-likeness (QED) is 0.403. The van der Waals surface area contributed by atoms with E-state index in [9.17, 15) is 13.2 Å². The zero-order valence-corrected chi connectivity index (χ0v) is 19.9. The number of anilines is 1. The van der Waals surface area contributed by atoms with Crippen LogP contribution in [0.1, 0.15) is 22.3 Å². The fourth-order valence-corrected chi connectivity index (χ4v) is 4.69. The minimum absolute atomic E-state index is 0.113. The van der Waals surface area contributed by atoms with Gasteiger partial charge in [-0.15, -0.1) is 0 Å². The summed E-state index contributed by atoms with van der Waals surface area (Å²) in [7, 11) is -2.40. The van der Waals surface area contributed by atoms with Crippen LogP contribution in [0.15, 0.2) is 76.7 Å². The summed E-state index contributed by atoms with van der Waals surface area (Å²) in [5.41, 5.74) is 6.33. The molecule has 0 fully saturated rings. The molecule has 0 aliphatic carbocycles. The number of carbonyl (C=O) groups excluding carboxylic acids is 1. The van der Waals surface area contributed by atoms with Gasteiger partial charge < -0.3 is 4.74 Å². The highest BCUT2D eigenvalue weighted by Crippen LogP contribution is 2.26. The summed E-state index contributed by atoms with van der Waals surface area (Å²) in [6.45, 7) is 5.23. The standard InChI is InChI=1S/C25H27N3O4S/c1-18-5-11-24(12-6-18)33(30,31)28(22-14-19(2)13-20(3)15-22)17-25(29)27-26-16-21-7-9-23(32-4)10-8-21/h5-16H,17H2,1-4H3,(H,27,29)/b26-16-. The molecular formula is C25H27N3O4S. The van der Waals surface area contributed by atoms with Crippen molar-refractivity contribution >= 4 is 27.8 Å². The van der Waals surface area contributed by atoms with Crippen molar-refractivity contribution in [3.8, 4) is 5.75 Å². The topological polar surface area (TPSA) is 88.1 Å². The van der Waals surface area contributed by atoms with Gasteiger partial charge in [0, 0.05) is 0 Å². The van der Waals surface area contributed by atoms with Gasteiger partial charge in [0.1, 0.15) is 12.3 Å². The molecule has 172 valence electrons. The van der Waals surface area contributed by atoms with Crippen molar-refractivity contribution in [2.75, 3.05) is 18.0 Å². The average molecular weight is 466 g/mol. The van der Waals surface area contributed by atoms with E-state index in [-0.39, 0.29) is 4.90 Å². The molecule has 0 saturated carbocycles. The molecule has 0 aromatic heterocycles. The first-order valence-corrected chi connectivity index (χ1v) is 11.8. The normalized spacial score (nSPS) is 11.4. The number of nitrogens with zero attached hydrogens (tertiary/aromatic N) is 2. The first-order chi connectivity index (χ1) is 15.7. The van der Waals surface area contributed by atoms with Gasteiger partial charge in [-0.05, 0) is 86.0 Å². The van der Waals surface area contributed by atoms with Gasteiger partial charge in [0.25, 0.3) is 15.9 Å². The molecule has 3 aromatic rings. The second kappa shape index (κ2) is 10.3. The van der Waals surface area contributed by atoms with Gasteiger partial charge in [0.05, 0.1) is 23.9 Å². The van der Waals surface area contributed by atoms with Crippen LogP contribution in [0.25, 0.3) is 0 Å². The Morgan fingerprint density at radius 3 is 2.12 bits per heavy atom. The number of hydrazone groups is 1. The summed E-state index contributed by atoms with van der Waals surface area (Å²) in [5, 5.41) is 3.96. The number of nitrogens with one attached hydrogen (secondary N) is 1. The summed E-state index contributed by atoms with van der Waals surface area (Å²) in [4.78, 5) is 12.8. The lowest BCUT2D eigenvalue weighted by atomic mass is 10.1. The lowest BCUT2D eigenvalue weighted by Gasteiger charge is -2.24. The van der Waals surface area contributed by atoms with Crippen LogP contribution in [-0.2, 0) is 14.8 Å². The Labute approximate surface area is 194 Å². The molecule has 0 radical (unpaired) electrons. The average Bonchev–Trinajstić information content (AvgIpc) is 2.77. The highest BCUT2D eigenvalue weighted by molar-refractivity contribution is 7.92. The monoisotopic (exact) mass is 465 g/mol. The Hall–Kier alpha value is -3.65. The molecular weight excluding hydrogens is 438 g/mol. The van der Waals surface area contributed by atoms with E-state index in [2.05, 4.69) is 10.5 Å². The number of hydrogen-bond donors (Lipinski definition) is 1. The largest absolute Gasteiger partial charge is 0.497 e. The lowest BCUT2D eigenvalue weighted by Crippen LogP contribution is -2.39. The molecule has 0 atom stereocenters. The number of aryl methyl sites for hydroxylation is 3. The second-order valence-corrected chi connectivity index (χ2v) is 9.60. The fourth-order valence-electron chi connectivity index (χ4n) is 3.28. The van der Waals surface area contributed by atoms with Crippen molar-refractivity contribution in [3.05, 3.63) is 89.0 Å². The van der Waals surface area contributed by atoms with Gasteiger partial charge in [-0.1, -0.05) is 23.8 Å². The lowest BCUT2D eigenvalue weighted by molar-refractivity contribution is -0.119. The molecule has 0 aliphatic heterocycles.